The van der Waals surface area contributed by atoms with Crippen LogP contribution in [0.2, 0.25) is 0 Å². The summed E-state index contributed by atoms with van der Waals surface area (Å²) >= 11 is 0. The number of amides is 1. The van der Waals surface area contributed by atoms with E-state index in [0.29, 0.717) is 17.1 Å². The fourth-order valence-corrected chi connectivity index (χ4v) is 3.60. The van der Waals surface area contributed by atoms with Gasteiger partial charge in [-0.05, 0) is 41.7 Å². The molecule has 27 heavy (non-hydrogen) atoms. The summed E-state index contributed by atoms with van der Waals surface area (Å²) in [6, 6.07) is 12.4. The molecule has 0 aliphatic heterocycles. The SMILES string of the molecule is COc1ccc(C(CC(=O)O)NC(=O)C2CCc3ccccc32)cc1OC. The molecule has 1 aliphatic carbocycles. The van der Waals surface area contributed by atoms with E-state index in [-0.39, 0.29) is 18.2 Å². The lowest BCUT2D eigenvalue weighted by Crippen LogP contribution is -2.33. The molecule has 6 heteroatoms. The molecule has 6 nitrogen and oxygen atoms in total. The largest absolute Gasteiger partial charge is 0.493 e. The zero-order chi connectivity index (χ0) is 19.4. The highest BCUT2D eigenvalue weighted by atomic mass is 16.5. The highest BCUT2D eigenvalue weighted by Gasteiger charge is 2.30. The molecule has 2 aromatic rings. The van der Waals surface area contributed by atoms with Crippen LogP contribution in [0.4, 0.5) is 0 Å². The molecule has 0 heterocycles. The number of carboxylic acid groups (broad SMARTS) is 1. The standard InChI is InChI=1S/C21H23NO5/c1-26-18-10-8-14(11-19(18)27-2)17(12-20(23)24)22-21(25)16-9-7-13-5-3-4-6-15(13)16/h3-6,8,10-11,16-17H,7,9,12H2,1-2H3,(H,22,25)(H,23,24). The number of rotatable bonds is 7. The molecule has 1 amide bonds. The molecule has 2 unspecified atom stereocenters. The van der Waals surface area contributed by atoms with Crippen LogP contribution < -0.4 is 14.8 Å². The van der Waals surface area contributed by atoms with E-state index in [9.17, 15) is 14.7 Å². The predicted molar refractivity (Wildman–Crippen MR) is 100 cm³/mol. The zero-order valence-electron chi connectivity index (χ0n) is 15.4. The van der Waals surface area contributed by atoms with Crippen molar-refractivity contribution in [1.29, 1.82) is 0 Å². The normalized spacial score (nSPS) is 16.3. The number of methoxy groups -OCH3 is 2. The van der Waals surface area contributed by atoms with Gasteiger partial charge in [-0.2, -0.15) is 0 Å². The summed E-state index contributed by atoms with van der Waals surface area (Å²) in [5.41, 5.74) is 2.87. The first kappa shape index (κ1) is 18.8. The van der Waals surface area contributed by atoms with Crippen molar-refractivity contribution in [3.63, 3.8) is 0 Å². The number of carboxylic acids is 1. The van der Waals surface area contributed by atoms with Crippen LogP contribution in [0.15, 0.2) is 42.5 Å². The molecule has 0 saturated carbocycles. The number of hydrogen-bond acceptors (Lipinski definition) is 4. The Labute approximate surface area is 158 Å². The number of carbonyl (C=O) groups excluding carboxylic acids is 1. The summed E-state index contributed by atoms with van der Waals surface area (Å²) < 4.78 is 10.5. The molecule has 1 aliphatic rings. The number of carbonyl (C=O) groups is 2. The van der Waals surface area contributed by atoms with Gasteiger partial charge in [0.25, 0.3) is 0 Å². The van der Waals surface area contributed by atoms with E-state index in [1.807, 2.05) is 24.3 Å². The van der Waals surface area contributed by atoms with Crippen LogP contribution >= 0.6 is 0 Å². The first-order valence-electron chi connectivity index (χ1n) is 8.85. The third-order valence-electron chi connectivity index (χ3n) is 4.95. The topological polar surface area (TPSA) is 84.9 Å². The van der Waals surface area contributed by atoms with E-state index in [2.05, 4.69) is 5.32 Å². The van der Waals surface area contributed by atoms with Crippen LogP contribution in [0, 0.1) is 0 Å². The van der Waals surface area contributed by atoms with E-state index in [0.717, 1.165) is 18.4 Å². The lowest BCUT2D eigenvalue weighted by Gasteiger charge is -2.21. The molecule has 3 rings (SSSR count). The van der Waals surface area contributed by atoms with Gasteiger partial charge in [-0.1, -0.05) is 30.3 Å². The number of fused-ring (bicyclic) bond motifs is 1. The molecule has 0 spiro atoms. The van der Waals surface area contributed by atoms with Crippen molar-refractivity contribution in [2.75, 3.05) is 14.2 Å². The molecule has 2 N–H and O–H groups in total. The fraction of sp³-hybridized carbons (Fsp3) is 0.333. The van der Waals surface area contributed by atoms with Gasteiger partial charge in [0.05, 0.1) is 32.6 Å². The Hall–Kier alpha value is -3.02. The van der Waals surface area contributed by atoms with Gasteiger partial charge in [-0.3, -0.25) is 9.59 Å². The average molecular weight is 369 g/mol. The van der Waals surface area contributed by atoms with Crippen molar-refractivity contribution in [1.82, 2.24) is 5.32 Å². The first-order valence-corrected chi connectivity index (χ1v) is 8.85. The third kappa shape index (κ3) is 4.05. The Morgan fingerprint density at radius 3 is 2.59 bits per heavy atom. The first-order chi connectivity index (χ1) is 13.0. The van der Waals surface area contributed by atoms with E-state index in [1.54, 1.807) is 18.2 Å². The summed E-state index contributed by atoms with van der Waals surface area (Å²) in [6.07, 6.45) is 1.38. The predicted octanol–water partition coefficient (Wildman–Crippen LogP) is 3.07. The second-order valence-electron chi connectivity index (χ2n) is 6.56. The average Bonchev–Trinajstić information content (AvgIpc) is 3.10. The molecule has 142 valence electrons. The molecule has 0 bridgehead atoms. The minimum atomic E-state index is -0.984. The lowest BCUT2D eigenvalue weighted by atomic mass is 9.98. The van der Waals surface area contributed by atoms with Crippen molar-refractivity contribution in [3.05, 3.63) is 59.2 Å². The molecule has 2 aromatic carbocycles. The van der Waals surface area contributed by atoms with E-state index in [1.165, 1.54) is 19.8 Å². The van der Waals surface area contributed by atoms with Gasteiger partial charge < -0.3 is 19.9 Å². The third-order valence-corrected chi connectivity index (χ3v) is 4.95. The van der Waals surface area contributed by atoms with Crippen LogP contribution in [0.25, 0.3) is 0 Å². The van der Waals surface area contributed by atoms with Crippen LogP contribution in [0.3, 0.4) is 0 Å². The monoisotopic (exact) mass is 369 g/mol. The maximum absolute atomic E-state index is 12.9. The molecule has 0 radical (unpaired) electrons. The Balaban J connectivity index is 1.84. The van der Waals surface area contributed by atoms with E-state index >= 15 is 0 Å². The van der Waals surface area contributed by atoms with Crippen molar-refractivity contribution in [2.45, 2.75) is 31.2 Å². The Bertz CT molecular complexity index is 848. The maximum Gasteiger partial charge on any atom is 0.305 e. The van der Waals surface area contributed by atoms with Gasteiger partial charge in [0.15, 0.2) is 11.5 Å². The van der Waals surface area contributed by atoms with Gasteiger partial charge in [-0.15, -0.1) is 0 Å². The second-order valence-corrected chi connectivity index (χ2v) is 6.56. The minimum Gasteiger partial charge on any atom is -0.493 e. The second kappa shape index (κ2) is 8.12. The molecular weight excluding hydrogens is 346 g/mol. The van der Waals surface area contributed by atoms with Crippen LogP contribution in [-0.4, -0.2) is 31.2 Å². The number of nitrogens with one attached hydrogen (secondary N) is 1. The van der Waals surface area contributed by atoms with E-state index < -0.39 is 12.0 Å². The number of aryl methyl sites for hydroxylation is 1. The Morgan fingerprint density at radius 2 is 1.89 bits per heavy atom. The summed E-state index contributed by atoms with van der Waals surface area (Å²) in [5.74, 6) is -0.349. The van der Waals surface area contributed by atoms with Gasteiger partial charge in [-0.25, -0.2) is 0 Å². The van der Waals surface area contributed by atoms with Crippen molar-refractivity contribution in [2.24, 2.45) is 0 Å². The Kier molecular flexibility index (Phi) is 5.64. The molecule has 0 aromatic heterocycles. The summed E-state index contributed by atoms with van der Waals surface area (Å²) in [7, 11) is 3.05. The number of hydrogen-bond donors (Lipinski definition) is 2. The fourth-order valence-electron chi connectivity index (χ4n) is 3.60. The van der Waals surface area contributed by atoms with Gasteiger partial charge >= 0.3 is 5.97 Å². The molecule has 0 fully saturated rings. The highest BCUT2D eigenvalue weighted by molar-refractivity contribution is 5.85. The van der Waals surface area contributed by atoms with Crippen molar-refractivity contribution >= 4 is 11.9 Å². The summed E-state index contributed by atoms with van der Waals surface area (Å²) in [4.78, 5) is 24.2. The van der Waals surface area contributed by atoms with Crippen molar-refractivity contribution in [3.8, 4) is 11.5 Å². The number of benzene rings is 2. The minimum absolute atomic E-state index is 0.152. The molecule has 2 atom stereocenters. The van der Waals surface area contributed by atoms with Gasteiger partial charge in [0.1, 0.15) is 0 Å². The Morgan fingerprint density at radius 1 is 1.15 bits per heavy atom. The molecule has 0 saturated heterocycles. The van der Waals surface area contributed by atoms with Crippen LogP contribution in [0.5, 0.6) is 11.5 Å². The summed E-state index contributed by atoms with van der Waals surface area (Å²) in [6.45, 7) is 0. The number of ether oxygens (including phenoxy) is 2. The summed E-state index contributed by atoms with van der Waals surface area (Å²) in [5, 5.41) is 12.2. The highest BCUT2D eigenvalue weighted by Crippen LogP contribution is 2.35. The van der Waals surface area contributed by atoms with Gasteiger partial charge in [0, 0.05) is 0 Å². The zero-order valence-corrected chi connectivity index (χ0v) is 15.4. The van der Waals surface area contributed by atoms with Gasteiger partial charge in [0.2, 0.25) is 5.91 Å². The molecular formula is C21H23NO5. The van der Waals surface area contributed by atoms with Crippen LogP contribution in [-0.2, 0) is 16.0 Å². The van der Waals surface area contributed by atoms with Crippen LogP contribution in [0.1, 0.15) is 41.5 Å². The quantitative estimate of drug-likeness (QED) is 0.783. The smallest absolute Gasteiger partial charge is 0.305 e. The van der Waals surface area contributed by atoms with E-state index in [4.69, 9.17) is 9.47 Å². The lowest BCUT2D eigenvalue weighted by molar-refractivity contribution is -0.137. The van der Waals surface area contributed by atoms with Crippen molar-refractivity contribution < 1.29 is 24.2 Å². The number of aliphatic carboxylic acids is 1. The maximum atomic E-state index is 12.9.